The Morgan fingerprint density at radius 1 is 1.18 bits per heavy atom. The van der Waals surface area contributed by atoms with Gasteiger partial charge in [0, 0.05) is 5.56 Å². The fraction of sp³-hybridized carbons (Fsp3) is 0.379. The lowest BCUT2D eigenvalue weighted by Gasteiger charge is -2.15. The minimum Gasteiger partial charge on any atom is -0.494 e. The molecular formula is C29H31ClN4O4. The van der Waals surface area contributed by atoms with Crippen LogP contribution in [0.25, 0.3) is 22.6 Å². The summed E-state index contributed by atoms with van der Waals surface area (Å²) in [6.07, 6.45) is 3.88. The van der Waals surface area contributed by atoms with Crippen LogP contribution in [0, 0.1) is 19.8 Å². The van der Waals surface area contributed by atoms with Crippen molar-refractivity contribution in [2.75, 3.05) is 6.61 Å². The van der Waals surface area contributed by atoms with Gasteiger partial charge in [-0.3, -0.25) is 4.79 Å². The van der Waals surface area contributed by atoms with Crippen molar-refractivity contribution >= 4 is 28.7 Å². The van der Waals surface area contributed by atoms with E-state index in [4.69, 9.17) is 31.2 Å². The first kappa shape index (κ1) is 26.0. The van der Waals surface area contributed by atoms with Gasteiger partial charge in [0.15, 0.2) is 11.2 Å². The molecule has 1 atom stereocenters. The van der Waals surface area contributed by atoms with Gasteiger partial charge in [0.25, 0.3) is 0 Å². The van der Waals surface area contributed by atoms with Crippen LogP contribution in [0.2, 0.25) is 5.02 Å². The van der Waals surface area contributed by atoms with Crippen LogP contribution in [0.4, 0.5) is 0 Å². The molecule has 9 heteroatoms. The Morgan fingerprint density at radius 3 is 2.58 bits per heavy atom. The van der Waals surface area contributed by atoms with E-state index in [1.165, 1.54) is 23.0 Å². The second-order valence-corrected chi connectivity index (χ2v) is 10.7. The largest absolute Gasteiger partial charge is 0.494 e. The lowest BCUT2D eigenvalue weighted by Crippen LogP contribution is -2.13. The number of carboxylic acid groups (broad SMARTS) is 1. The van der Waals surface area contributed by atoms with Gasteiger partial charge in [-0.05, 0) is 74.9 Å². The minimum absolute atomic E-state index is 0.216. The smallest absolute Gasteiger partial charge is 0.306 e. The number of hydrogen-bond acceptors (Lipinski definition) is 6. The van der Waals surface area contributed by atoms with Gasteiger partial charge in [-0.15, -0.1) is 0 Å². The lowest BCUT2D eigenvalue weighted by atomic mass is 10.0. The Balaban J connectivity index is 1.55. The molecule has 4 aromatic rings. The average Bonchev–Trinajstić information content (AvgIpc) is 3.48. The molecule has 1 unspecified atom stereocenters. The standard InChI is InChI=1S/C29H31ClN4O4/c1-17-6-5-7-18(2)22(17)15-34-25(33-24-26(34)31-16-32-27(24)38-29(4)11-12-29)21-9-8-20(14-23(21)30)37-13-10-19(3)28(35)36/h5-9,14,16,19H,10-13,15H2,1-4H3,(H,35,36). The lowest BCUT2D eigenvalue weighted by molar-refractivity contribution is -0.141. The SMILES string of the molecule is Cc1cccc(C)c1Cn1c(-c2ccc(OCCC(C)C(=O)O)cc2Cl)nc2c(OC3(C)CC3)ncnc21. The number of aromatic nitrogens is 4. The Kier molecular flexibility index (Phi) is 7.01. The molecule has 198 valence electrons. The average molecular weight is 535 g/mol. The quantitative estimate of drug-likeness (QED) is 0.257. The second-order valence-electron chi connectivity index (χ2n) is 10.3. The molecule has 0 bridgehead atoms. The molecule has 0 amide bonds. The Bertz CT molecular complexity index is 1490. The van der Waals surface area contributed by atoms with Crippen LogP contribution >= 0.6 is 11.6 Å². The molecular weight excluding hydrogens is 504 g/mol. The predicted octanol–water partition coefficient (Wildman–Crippen LogP) is 6.23. The summed E-state index contributed by atoms with van der Waals surface area (Å²) in [5.74, 6) is 0.376. The van der Waals surface area contributed by atoms with E-state index in [2.05, 4.69) is 53.5 Å². The maximum atomic E-state index is 11.1. The number of imidazole rings is 1. The zero-order chi connectivity index (χ0) is 27.0. The summed E-state index contributed by atoms with van der Waals surface area (Å²) in [6.45, 7) is 8.77. The maximum Gasteiger partial charge on any atom is 0.306 e. The highest BCUT2D eigenvalue weighted by Gasteiger charge is 2.41. The summed E-state index contributed by atoms with van der Waals surface area (Å²) in [6, 6.07) is 11.7. The van der Waals surface area contributed by atoms with Crippen LogP contribution in [-0.2, 0) is 11.3 Å². The van der Waals surface area contributed by atoms with E-state index in [0.29, 0.717) is 46.6 Å². The number of hydrogen-bond donors (Lipinski definition) is 1. The van der Waals surface area contributed by atoms with Gasteiger partial charge in [0.2, 0.25) is 5.88 Å². The highest BCUT2D eigenvalue weighted by Crippen LogP contribution is 2.41. The van der Waals surface area contributed by atoms with E-state index >= 15 is 0 Å². The summed E-state index contributed by atoms with van der Waals surface area (Å²) in [7, 11) is 0. The number of aliphatic carboxylic acids is 1. The molecule has 2 heterocycles. The first-order valence-electron chi connectivity index (χ1n) is 12.8. The monoisotopic (exact) mass is 534 g/mol. The van der Waals surface area contributed by atoms with E-state index in [9.17, 15) is 4.79 Å². The van der Waals surface area contributed by atoms with Crippen molar-refractivity contribution in [3.63, 3.8) is 0 Å². The third kappa shape index (κ3) is 5.31. The molecule has 1 aliphatic rings. The molecule has 0 saturated heterocycles. The van der Waals surface area contributed by atoms with Crippen molar-refractivity contribution < 1.29 is 19.4 Å². The van der Waals surface area contributed by atoms with E-state index < -0.39 is 11.9 Å². The summed E-state index contributed by atoms with van der Waals surface area (Å²) < 4.78 is 14.1. The van der Waals surface area contributed by atoms with Crippen LogP contribution in [0.3, 0.4) is 0 Å². The van der Waals surface area contributed by atoms with Gasteiger partial charge in [-0.25, -0.2) is 9.97 Å². The third-order valence-corrected chi connectivity index (χ3v) is 7.49. The van der Waals surface area contributed by atoms with E-state index in [-0.39, 0.29) is 12.2 Å². The first-order chi connectivity index (χ1) is 18.1. The number of benzene rings is 2. The van der Waals surface area contributed by atoms with Crippen LogP contribution in [0.15, 0.2) is 42.7 Å². The van der Waals surface area contributed by atoms with Crippen LogP contribution < -0.4 is 9.47 Å². The predicted molar refractivity (Wildman–Crippen MR) is 146 cm³/mol. The van der Waals surface area contributed by atoms with Crippen LogP contribution in [0.5, 0.6) is 11.6 Å². The first-order valence-corrected chi connectivity index (χ1v) is 13.1. The molecule has 38 heavy (non-hydrogen) atoms. The van der Waals surface area contributed by atoms with Crippen LogP contribution in [-0.4, -0.2) is 42.8 Å². The number of rotatable bonds is 10. The van der Waals surface area contributed by atoms with Crippen molar-refractivity contribution in [2.45, 2.75) is 59.1 Å². The number of aryl methyl sites for hydroxylation is 2. The maximum absolute atomic E-state index is 11.1. The molecule has 0 radical (unpaired) electrons. The third-order valence-electron chi connectivity index (χ3n) is 7.18. The van der Waals surface area contributed by atoms with E-state index in [0.717, 1.165) is 18.4 Å². The number of halogens is 1. The Morgan fingerprint density at radius 2 is 1.92 bits per heavy atom. The zero-order valence-corrected chi connectivity index (χ0v) is 22.7. The highest BCUT2D eigenvalue weighted by atomic mass is 35.5. The van der Waals surface area contributed by atoms with Gasteiger partial charge in [-0.2, -0.15) is 4.98 Å². The Labute approximate surface area is 226 Å². The second kappa shape index (κ2) is 10.3. The van der Waals surface area contributed by atoms with Gasteiger partial charge in [0.1, 0.15) is 23.5 Å². The number of fused-ring (bicyclic) bond motifs is 1. The van der Waals surface area contributed by atoms with E-state index in [1.807, 2.05) is 12.1 Å². The molecule has 2 aromatic carbocycles. The topological polar surface area (TPSA) is 99.4 Å². The summed E-state index contributed by atoms with van der Waals surface area (Å²) >= 11 is 6.78. The molecule has 1 saturated carbocycles. The van der Waals surface area contributed by atoms with Gasteiger partial charge in [0.05, 0.1) is 24.1 Å². The number of carboxylic acids is 1. The molecule has 1 aliphatic carbocycles. The van der Waals surface area contributed by atoms with Crippen molar-refractivity contribution in [2.24, 2.45) is 5.92 Å². The zero-order valence-electron chi connectivity index (χ0n) is 22.0. The molecule has 5 rings (SSSR count). The number of ether oxygens (including phenoxy) is 2. The molecule has 8 nitrogen and oxygen atoms in total. The van der Waals surface area contributed by atoms with Crippen molar-refractivity contribution in [1.82, 2.24) is 19.5 Å². The van der Waals surface area contributed by atoms with Crippen LogP contribution in [0.1, 0.15) is 49.8 Å². The molecule has 2 aromatic heterocycles. The molecule has 0 spiro atoms. The molecule has 1 N–H and O–H groups in total. The van der Waals surface area contributed by atoms with Gasteiger partial charge in [-0.1, -0.05) is 36.7 Å². The minimum atomic E-state index is -0.841. The van der Waals surface area contributed by atoms with E-state index in [1.54, 1.807) is 13.0 Å². The number of nitrogens with zero attached hydrogens (tertiary/aromatic N) is 4. The van der Waals surface area contributed by atoms with Crippen molar-refractivity contribution in [1.29, 1.82) is 0 Å². The van der Waals surface area contributed by atoms with Gasteiger partial charge < -0.3 is 19.1 Å². The van der Waals surface area contributed by atoms with Crippen molar-refractivity contribution in [3.8, 4) is 23.0 Å². The molecule has 1 fully saturated rings. The van der Waals surface area contributed by atoms with Crippen molar-refractivity contribution in [3.05, 3.63) is 64.4 Å². The normalized spacial score (nSPS) is 14.9. The fourth-order valence-electron chi connectivity index (χ4n) is 4.36. The van der Waals surface area contributed by atoms with Gasteiger partial charge >= 0.3 is 5.97 Å². The highest BCUT2D eigenvalue weighted by molar-refractivity contribution is 6.33. The fourth-order valence-corrected chi connectivity index (χ4v) is 4.61. The number of carbonyl (C=O) groups is 1. The Hall–Kier alpha value is -3.65. The summed E-state index contributed by atoms with van der Waals surface area (Å²) in [4.78, 5) is 25.1. The summed E-state index contributed by atoms with van der Waals surface area (Å²) in [5, 5.41) is 9.56. The summed E-state index contributed by atoms with van der Waals surface area (Å²) in [5.41, 5.74) is 5.33. The molecule has 0 aliphatic heterocycles.